The van der Waals surface area contributed by atoms with E-state index < -0.39 is 0 Å². The lowest BCUT2D eigenvalue weighted by Crippen LogP contribution is -2.07. The molecule has 1 saturated carbocycles. The van der Waals surface area contributed by atoms with E-state index in [1.54, 1.807) is 5.56 Å². The number of fused-ring (bicyclic) bond motifs is 2. The molecule has 1 aromatic rings. The van der Waals surface area contributed by atoms with Crippen LogP contribution in [0.2, 0.25) is 0 Å². The highest BCUT2D eigenvalue weighted by Gasteiger charge is 2.48. The standard InChI is InChI=1S/C11H13N/c1-8-3-2-4-9-10(8)12-7-11(9)5-6-11/h2-4,12H,5-7H2,1H3. The van der Waals surface area contributed by atoms with Crippen molar-refractivity contribution >= 4 is 5.69 Å². The van der Waals surface area contributed by atoms with Crippen LogP contribution in [0.4, 0.5) is 5.69 Å². The molecule has 0 atom stereocenters. The van der Waals surface area contributed by atoms with E-state index >= 15 is 0 Å². The van der Waals surface area contributed by atoms with Crippen molar-refractivity contribution in [2.24, 2.45) is 0 Å². The highest BCUT2D eigenvalue weighted by Crippen LogP contribution is 2.54. The van der Waals surface area contributed by atoms with Crippen LogP contribution in [0.15, 0.2) is 18.2 Å². The van der Waals surface area contributed by atoms with E-state index in [9.17, 15) is 0 Å². The summed E-state index contributed by atoms with van der Waals surface area (Å²) in [6.07, 6.45) is 2.77. The Balaban J connectivity index is 2.23. The quantitative estimate of drug-likeness (QED) is 0.613. The Kier molecular flexibility index (Phi) is 1.00. The van der Waals surface area contributed by atoms with Gasteiger partial charge < -0.3 is 5.32 Å². The summed E-state index contributed by atoms with van der Waals surface area (Å²) in [6, 6.07) is 6.66. The van der Waals surface area contributed by atoms with Crippen molar-refractivity contribution in [3.63, 3.8) is 0 Å². The molecule has 0 unspecified atom stereocenters. The number of aryl methyl sites for hydroxylation is 1. The highest BCUT2D eigenvalue weighted by atomic mass is 15.0. The van der Waals surface area contributed by atoms with Crippen LogP contribution in [0, 0.1) is 6.92 Å². The predicted molar refractivity (Wildman–Crippen MR) is 50.6 cm³/mol. The van der Waals surface area contributed by atoms with Gasteiger partial charge in [0.05, 0.1) is 0 Å². The van der Waals surface area contributed by atoms with Crippen LogP contribution in [0.5, 0.6) is 0 Å². The fraction of sp³-hybridized carbons (Fsp3) is 0.455. The minimum atomic E-state index is 0.557. The first-order valence-electron chi connectivity index (χ1n) is 4.66. The maximum Gasteiger partial charge on any atom is 0.0409 e. The molecule has 0 amide bonds. The van der Waals surface area contributed by atoms with Crippen LogP contribution in [-0.4, -0.2) is 6.54 Å². The normalized spacial score (nSPS) is 22.1. The van der Waals surface area contributed by atoms with E-state index in [-0.39, 0.29) is 0 Å². The fourth-order valence-electron chi connectivity index (χ4n) is 2.29. The van der Waals surface area contributed by atoms with E-state index in [2.05, 4.69) is 30.4 Å². The number of para-hydroxylation sites is 1. The summed E-state index contributed by atoms with van der Waals surface area (Å²) in [5.41, 5.74) is 4.94. The summed E-state index contributed by atoms with van der Waals surface area (Å²) in [5.74, 6) is 0. The zero-order chi connectivity index (χ0) is 8.18. The third kappa shape index (κ3) is 0.644. The Labute approximate surface area is 72.8 Å². The summed E-state index contributed by atoms with van der Waals surface area (Å²) >= 11 is 0. The summed E-state index contributed by atoms with van der Waals surface area (Å²) in [7, 11) is 0. The van der Waals surface area contributed by atoms with Gasteiger partial charge in [-0.25, -0.2) is 0 Å². The zero-order valence-corrected chi connectivity index (χ0v) is 7.35. The van der Waals surface area contributed by atoms with Crippen LogP contribution in [0.3, 0.4) is 0 Å². The first kappa shape index (κ1) is 6.53. The van der Waals surface area contributed by atoms with Gasteiger partial charge >= 0.3 is 0 Å². The van der Waals surface area contributed by atoms with Gasteiger partial charge in [-0.15, -0.1) is 0 Å². The molecular weight excluding hydrogens is 146 g/mol. The van der Waals surface area contributed by atoms with Crippen molar-refractivity contribution < 1.29 is 0 Å². The molecule has 1 fully saturated rings. The summed E-state index contributed by atoms with van der Waals surface area (Å²) in [6.45, 7) is 3.36. The third-order valence-electron chi connectivity index (χ3n) is 3.30. The molecule has 1 spiro atoms. The molecular formula is C11H13N. The molecule has 1 nitrogen and oxygen atoms in total. The van der Waals surface area contributed by atoms with Crippen LogP contribution in [0.25, 0.3) is 0 Å². The summed E-state index contributed by atoms with van der Waals surface area (Å²) in [5, 5.41) is 3.52. The van der Waals surface area contributed by atoms with Gasteiger partial charge in [-0.1, -0.05) is 18.2 Å². The second kappa shape index (κ2) is 1.85. The van der Waals surface area contributed by atoms with Gasteiger partial charge in [0.2, 0.25) is 0 Å². The number of nitrogens with one attached hydrogen (secondary N) is 1. The Morgan fingerprint density at radius 2 is 2.17 bits per heavy atom. The molecule has 12 heavy (non-hydrogen) atoms. The van der Waals surface area contributed by atoms with E-state index in [0.717, 1.165) is 0 Å². The molecule has 62 valence electrons. The molecule has 1 N–H and O–H groups in total. The predicted octanol–water partition coefficient (Wildman–Crippen LogP) is 2.45. The maximum absolute atomic E-state index is 3.52. The van der Waals surface area contributed by atoms with Crippen molar-refractivity contribution in [1.29, 1.82) is 0 Å². The molecule has 0 radical (unpaired) electrons. The Bertz CT molecular complexity index is 337. The molecule has 2 aliphatic rings. The SMILES string of the molecule is Cc1cccc2c1NCC21CC1. The van der Waals surface area contributed by atoms with Crippen molar-refractivity contribution in [1.82, 2.24) is 0 Å². The monoisotopic (exact) mass is 159 g/mol. The number of hydrogen-bond acceptors (Lipinski definition) is 1. The Hall–Kier alpha value is -0.980. The minimum absolute atomic E-state index is 0.557. The molecule has 1 aromatic carbocycles. The molecule has 1 heterocycles. The molecule has 0 bridgehead atoms. The molecule has 1 aliphatic carbocycles. The van der Waals surface area contributed by atoms with E-state index in [4.69, 9.17) is 0 Å². The number of benzene rings is 1. The lowest BCUT2D eigenvalue weighted by molar-refractivity contribution is 0.778. The van der Waals surface area contributed by atoms with Crippen molar-refractivity contribution in [2.45, 2.75) is 25.2 Å². The largest absolute Gasteiger partial charge is 0.384 e. The second-order valence-corrected chi connectivity index (χ2v) is 4.13. The van der Waals surface area contributed by atoms with Crippen molar-refractivity contribution in [3.8, 4) is 0 Å². The van der Waals surface area contributed by atoms with Gasteiger partial charge in [-0.2, -0.15) is 0 Å². The maximum atomic E-state index is 3.52. The van der Waals surface area contributed by atoms with Crippen LogP contribution < -0.4 is 5.32 Å². The van der Waals surface area contributed by atoms with Crippen LogP contribution in [0.1, 0.15) is 24.0 Å². The number of rotatable bonds is 0. The molecule has 0 saturated heterocycles. The van der Waals surface area contributed by atoms with Gasteiger partial charge in [0.1, 0.15) is 0 Å². The smallest absolute Gasteiger partial charge is 0.0409 e. The summed E-state index contributed by atoms with van der Waals surface area (Å²) in [4.78, 5) is 0. The topological polar surface area (TPSA) is 12.0 Å². The molecule has 1 heteroatoms. The molecule has 3 rings (SSSR count). The minimum Gasteiger partial charge on any atom is -0.384 e. The molecule has 1 aliphatic heterocycles. The van der Waals surface area contributed by atoms with Crippen LogP contribution in [-0.2, 0) is 5.41 Å². The zero-order valence-electron chi connectivity index (χ0n) is 7.35. The fourth-order valence-corrected chi connectivity index (χ4v) is 2.29. The lowest BCUT2D eigenvalue weighted by Gasteiger charge is -2.05. The first-order chi connectivity index (χ1) is 5.82. The number of hydrogen-bond donors (Lipinski definition) is 1. The first-order valence-corrected chi connectivity index (χ1v) is 4.66. The Morgan fingerprint density at radius 1 is 1.33 bits per heavy atom. The second-order valence-electron chi connectivity index (χ2n) is 4.13. The van der Waals surface area contributed by atoms with Gasteiger partial charge in [-0.3, -0.25) is 0 Å². The van der Waals surface area contributed by atoms with Gasteiger partial charge in [0, 0.05) is 17.6 Å². The molecule has 0 aromatic heterocycles. The van der Waals surface area contributed by atoms with E-state index in [1.165, 1.54) is 30.6 Å². The Morgan fingerprint density at radius 3 is 2.92 bits per heavy atom. The average molecular weight is 159 g/mol. The van der Waals surface area contributed by atoms with E-state index in [0.29, 0.717) is 5.41 Å². The van der Waals surface area contributed by atoms with Crippen molar-refractivity contribution in [3.05, 3.63) is 29.3 Å². The van der Waals surface area contributed by atoms with Gasteiger partial charge in [0.25, 0.3) is 0 Å². The van der Waals surface area contributed by atoms with Gasteiger partial charge in [0.15, 0.2) is 0 Å². The lowest BCUT2D eigenvalue weighted by atomic mass is 9.97. The summed E-state index contributed by atoms with van der Waals surface area (Å²) < 4.78 is 0. The highest BCUT2D eigenvalue weighted by molar-refractivity contribution is 5.66. The number of anilines is 1. The third-order valence-corrected chi connectivity index (χ3v) is 3.30. The van der Waals surface area contributed by atoms with E-state index in [1.807, 2.05) is 0 Å². The van der Waals surface area contributed by atoms with Crippen LogP contribution >= 0.6 is 0 Å². The van der Waals surface area contributed by atoms with Gasteiger partial charge in [-0.05, 0) is 30.9 Å². The average Bonchev–Trinajstić information content (AvgIpc) is 2.73. The van der Waals surface area contributed by atoms with Crippen molar-refractivity contribution in [2.75, 3.05) is 11.9 Å².